The lowest BCUT2D eigenvalue weighted by Gasteiger charge is -2.34. The highest BCUT2D eigenvalue weighted by Crippen LogP contribution is 2.32. The van der Waals surface area contributed by atoms with E-state index in [1.807, 2.05) is 19.9 Å². The van der Waals surface area contributed by atoms with E-state index in [2.05, 4.69) is 4.99 Å². The predicted octanol–water partition coefficient (Wildman–Crippen LogP) is 4.20. The SMILES string of the molecule is COCCn1c(=NC(=O)c2ccc(S(=O)(=O)N3CC(C)OC(C)C3)cc2)sc2ccc(Cl)c(Cl)c21. The largest absolute Gasteiger partial charge is 0.383 e. The zero-order valence-electron chi connectivity index (χ0n) is 19.4. The Morgan fingerprint density at radius 1 is 1.14 bits per heavy atom. The molecule has 35 heavy (non-hydrogen) atoms. The van der Waals surface area contributed by atoms with E-state index in [-0.39, 0.29) is 35.8 Å². The number of halogens is 2. The standard InChI is InChI=1S/C23H25Cl2N3O5S2/c1-14-12-27(13-15(2)33-14)35(30,31)17-6-4-16(5-7-17)22(29)26-23-28(10-11-32-3)21-19(34-23)9-8-18(24)20(21)25/h4-9,14-15H,10-13H2,1-3H3. The van der Waals surface area contributed by atoms with Crippen molar-refractivity contribution in [3.8, 4) is 0 Å². The van der Waals surface area contributed by atoms with E-state index < -0.39 is 15.9 Å². The summed E-state index contributed by atoms with van der Waals surface area (Å²) in [5, 5.41) is 0.786. The second-order valence-electron chi connectivity index (χ2n) is 8.26. The minimum absolute atomic E-state index is 0.119. The third-order valence-corrected chi connectivity index (χ3v) is 9.26. The Balaban J connectivity index is 1.66. The molecule has 0 spiro atoms. The Morgan fingerprint density at radius 3 is 2.43 bits per heavy atom. The highest BCUT2D eigenvalue weighted by atomic mass is 35.5. The highest BCUT2D eigenvalue weighted by molar-refractivity contribution is 7.89. The molecule has 2 heterocycles. The van der Waals surface area contributed by atoms with Crippen LogP contribution in [0.2, 0.25) is 10.0 Å². The van der Waals surface area contributed by atoms with Crippen LogP contribution in [-0.2, 0) is 26.0 Å². The van der Waals surface area contributed by atoms with Crippen LogP contribution in [-0.4, -0.2) is 62.2 Å². The fourth-order valence-corrected chi connectivity index (χ4v) is 7.10. The highest BCUT2D eigenvalue weighted by Gasteiger charge is 2.32. The molecule has 8 nitrogen and oxygen atoms in total. The van der Waals surface area contributed by atoms with Gasteiger partial charge in [0.05, 0.1) is 44.0 Å². The third-order valence-electron chi connectivity index (χ3n) is 5.58. The summed E-state index contributed by atoms with van der Waals surface area (Å²) in [6.45, 7) is 5.06. The Morgan fingerprint density at radius 2 is 1.80 bits per heavy atom. The molecule has 0 N–H and O–H groups in total. The number of morpholine rings is 1. The number of aromatic nitrogens is 1. The van der Waals surface area contributed by atoms with Crippen LogP contribution in [0.1, 0.15) is 24.2 Å². The molecule has 1 aliphatic heterocycles. The van der Waals surface area contributed by atoms with Crippen molar-refractivity contribution in [1.29, 1.82) is 0 Å². The molecule has 0 bridgehead atoms. The van der Waals surface area contributed by atoms with Crippen LogP contribution in [0, 0.1) is 0 Å². The number of rotatable bonds is 6. The molecule has 2 unspecified atom stereocenters. The number of sulfonamides is 1. The molecular formula is C23H25Cl2N3O5S2. The quantitative estimate of drug-likeness (QED) is 0.453. The molecule has 1 aliphatic rings. The number of amides is 1. The fourth-order valence-electron chi connectivity index (χ4n) is 3.98. The van der Waals surface area contributed by atoms with Gasteiger partial charge in [-0.1, -0.05) is 34.5 Å². The van der Waals surface area contributed by atoms with Crippen molar-refractivity contribution in [3.63, 3.8) is 0 Å². The van der Waals surface area contributed by atoms with Crippen molar-refractivity contribution >= 4 is 60.7 Å². The van der Waals surface area contributed by atoms with Crippen LogP contribution >= 0.6 is 34.5 Å². The van der Waals surface area contributed by atoms with E-state index in [4.69, 9.17) is 32.7 Å². The molecule has 1 amide bonds. The third kappa shape index (κ3) is 5.48. The average molecular weight is 559 g/mol. The summed E-state index contributed by atoms with van der Waals surface area (Å²) in [6.07, 6.45) is -0.384. The number of benzene rings is 2. The first-order chi connectivity index (χ1) is 16.6. The maximum absolute atomic E-state index is 13.1. The normalized spacial score (nSPS) is 20.0. The van der Waals surface area contributed by atoms with Crippen LogP contribution in [0.25, 0.3) is 10.2 Å². The van der Waals surface area contributed by atoms with Gasteiger partial charge in [0.15, 0.2) is 4.80 Å². The van der Waals surface area contributed by atoms with Crippen molar-refractivity contribution in [2.24, 2.45) is 4.99 Å². The molecule has 1 fully saturated rings. The molecule has 2 atom stereocenters. The molecule has 188 valence electrons. The topological polar surface area (TPSA) is 90.2 Å². The Bertz CT molecular complexity index is 1410. The molecule has 0 saturated carbocycles. The van der Waals surface area contributed by atoms with Crippen molar-refractivity contribution < 1.29 is 22.7 Å². The van der Waals surface area contributed by atoms with Gasteiger partial charge >= 0.3 is 0 Å². The van der Waals surface area contributed by atoms with Crippen LogP contribution in [0.4, 0.5) is 0 Å². The van der Waals surface area contributed by atoms with E-state index in [9.17, 15) is 13.2 Å². The number of nitrogens with zero attached hydrogens (tertiary/aromatic N) is 3. The Hall–Kier alpha value is -1.79. The summed E-state index contributed by atoms with van der Waals surface area (Å²) >= 11 is 13.9. The van der Waals surface area contributed by atoms with Crippen LogP contribution in [0.3, 0.4) is 0 Å². The summed E-state index contributed by atoms with van der Waals surface area (Å²) in [7, 11) is -2.12. The molecule has 1 aromatic heterocycles. The van der Waals surface area contributed by atoms with Gasteiger partial charge in [-0.3, -0.25) is 4.79 Å². The number of ether oxygens (including phenoxy) is 2. The number of hydrogen-bond acceptors (Lipinski definition) is 6. The van der Waals surface area contributed by atoms with Gasteiger partial charge < -0.3 is 14.0 Å². The lowest BCUT2D eigenvalue weighted by molar-refractivity contribution is -0.0440. The monoisotopic (exact) mass is 557 g/mol. The van der Waals surface area contributed by atoms with Crippen molar-refractivity contribution in [3.05, 3.63) is 56.8 Å². The van der Waals surface area contributed by atoms with E-state index in [1.165, 1.54) is 39.9 Å². The number of methoxy groups -OCH3 is 1. The number of fused-ring (bicyclic) bond motifs is 1. The number of thiazole rings is 1. The number of hydrogen-bond donors (Lipinski definition) is 0. The van der Waals surface area contributed by atoms with Crippen molar-refractivity contribution in [2.45, 2.75) is 37.5 Å². The average Bonchev–Trinajstić information content (AvgIpc) is 3.17. The molecule has 3 aromatic rings. The fraction of sp³-hybridized carbons (Fsp3) is 0.391. The zero-order valence-corrected chi connectivity index (χ0v) is 22.5. The minimum atomic E-state index is -3.70. The van der Waals surface area contributed by atoms with E-state index in [0.717, 1.165) is 4.70 Å². The Kier molecular flexibility index (Phi) is 8.02. The number of carbonyl (C=O) groups is 1. The second-order valence-corrected chi connectivity index (χ2v) is 12.0. The van der Waals surface area contributed by atoms with Gasteiger partial charge in [-0.2, -0.15) is 9.30 Å². The summed E-state index contributed by atoms with van der Waals surface area (Å²) in [5.74, 6) is -0.498. The summed E-state index contributed by atoms with van der Waals surface area (Å²) in [4.78, 5) is 17.8. The maximum Gasteiger partial charge on any atom is 0.279 e. The second kappa shape index (κ2) is 10.7. The first kappa shape index (κ1) is 26.3. The first-order valence-corrected chi connectivity index (χ1v) is 13.9. The van der Waals surface area contributed by atoms with E-state index >= 15 is 0 Å². The van der Waals surface area contributed by atoms with E-state index in [1.54, 1.807) is 17.7 Å². The molecule has 12 heteroatoms. The van der Waals surface area contributed by atoms with Gasteiger partial charge in [0.1, 0.15) is 0 Å². The zero-order chi connectivity index (χ0) is 25.3. The maximum atomic E-state index is 13.1. The molecule has 4 rings (SSSR count). The lowest BCUT2D eigenvalue weighted by atomic mass is 10.2. The van der Waals surface area contributed by atoms with Crippen LogP contribution in [0.15, 0.2) is 46.3 Å². The molecule has 2 aromatic carbocycles. The van der Waals surface area contributed by atoms with Gasteiger partial charge in [0.25, 0.3) is 5.91 Å². The molecule has 0 radical (unpaired) electrons. The molecule has 0 aliphatic carbocycles. The van der Waals surface area contributed by atoms with Crippen molar-refractivity contribution in [2.75, 3.05) is 26.8 Å². The lowest BCUT2D eigenvalue weighted by Crippen LogP contribution is -2.48. The minimum Gasteiger partial charge on any atom is -0.383 e. The smallest absolute Gasteiger partial charge is 0.279 e. The number of carbonyl (C=O) groups excluding carboxylic acids is 1. The van der Waals surface area contributed by atoms with Gasteiger partial charge in [-0.05, 0) is 50.2 Å². The van der Waals surface area contributed by atoms with Gasteiger partial charge in [-0.25, -0.2) is 8.42 Å². The predicted molar refractivity (Wildman–Crippen MR) is 137 cm³/mol. The summed E-state index contributed by atoms with van der Waals surface area (Å²) in [5.41, 5.74) is 0.954. The molecular weight excluding hydrogens is 533 g/mol. The molecule has 1 saturated heterocycles. The van der Waals surface area contributed by atoms with Gasteiger partial charge in [-0.15, -0.1) is 0 Å². The van der Waals surface area contributed by atoms with E-state index in [0.29, 0.717) is 33.5 Å². The first-order valence-electron chi connectivity index (χ1n) is 10.9. The van der Waals surface area contributed by atoms with Crippen LogP contribution in [0.5, 0.6) is 0 Å². The van der Waals surface area contributed by atoms with Crippen molar-refractivity contribution in [1.82, 2.24) is 8.87 Å². The van der Waals surface area contributed by atoms with Crippen LogP contribution < -0.4 is 4.80 Å². The summed E-state index contributed by atoms with van der Waals surface area (Å²) in [6, 6.07) is 9.34. The summed E-state index contributed by atoms with van der Waals surface area (Å²) < 4.78 is 41.0. The Labute approximate surface area is 217 Å². The van der Waals surface area contributed by atoms with Gasteiger partial charge in [0.2, 0.25) is 10.0 Å². The van der Waals surface area contributed by atoms with Gasteiger partial charge in [0, 0.05) is 32.3 Å².